The Labute approximate surface area is 142 Å². The van der Waals surface area contributed by atoms with Gasteiger partial charge in [-0.15, -0.1) is 11.3 Å². The first-order valence-corrected chi connectivity index (χ1v) is 8.27. The highest BCUT2D eigenvalue weighted by Gasteiger charge is 2.18. The quantitative estimate of drug-likeness (QED) is 0.766. The van der Waals surface area contributed by atoms with Crippen molar-refractivity contribution in [2.75, 3.05) is 0 Å². The van der Waals surface area contributed by atoms with E-state index < -0.39 is 6.04 Å². The van der Waals surface area contributed by atoms with Crippen LogP contribution in [0, 0.1) is 12.7 Å². The molecule has 7 heteroatoms. The first-order valence-electron chi connectivity index (χ1n) is 7.45. The molecule has 1 aromatic carbocycles. The first-order chi connectivity index (χ1) is 11.5. The van der Waals surface area contributed by atoms with Crippen molar-refractivity contribution in [3.05, 3.63) is 57.9 Å². The van der Waals surface area contributed by atoms with Gasteiger partial charge in [0.25, 0.3) is 0 Å². The van der Waals surface area contributed by atoms with Crippen LogP contribution in [-0.4, -0.2) is 16.0 Å². The van der Waals surface area contributed by atoms with Gasteiger partial charge in [0.2, 0.25) is 17.6 Å². The van der Waals surface area contributed by atoms with E-state index in [0.717, 1.165) is 4.88 Å². The molecule has 1 amide bonds. The zero-order chi connectivity index (χ0) is 17.1. The topological polar surface area (TPSA) is 68.0 Å². The third kappa shape index (κ3) is 3.86. The Bertz CT molecular complexity index is 842. The molecule has 0 fully saturated rings. The van der Waals surface area contributed by atoms with Crippen LogP contribution in [0.3, 0.4) is 0 Å². The van der Waals surface area contributed by atoms with Crippen LogP contribution in [0.25, 0.3) is 11.4 Å². The zero-order valence-electron chi connectivity index (χ0n) is 13.2. The number of aryl methyl sites for hydroxylation is 1. The number of carbonyl (C=O) groups is 1. The van der Waals surface area contributed by atoms with Gasteiger partial charge in [0.1, 0.15) is 11.9 Å². The van der Waals surface area contributed by atoms with Crippen LogP contribution in [0.5, 0.6) is 0 Å². The van der Waals surface area contributed by atoms with Crippen molar-refractivity contribution in [3.8, 4) is 11.4 Å². The minimum Gasteiger partial charge on any atom is -0.344 e. The van der Waals surface area contributed by atoms with Gasteiger partial charge in [-0.3, -0.25) is 4.79 Å². The van der Waals surface area contributed by atoms with Gasteiger partial charge in [-0.2, -0.15) is 4.98 Å². The summed E-state index contributed by atoms with van der Waals surface area (Å²) >= 11 is 1.60. The molecule has 0 saturated heterocycles. The number of thiophene rings is 1. The van der Waals surface area contributed by atoms with Gasteiger partial charge in [-0.25, -0.2) is 4.39 Å². The summed E-state index contributed by atoms with van der Waals surface area (Å²) in [5.41, 5.74) is 0.652. The molecule has 5 nitrogen and oxygen atoms in total. The van der Waals surface area contributed by atoms with E-state index in [1.54, 1.807) is 30.4 Å². The number of halogens is 1. The molecule has 24 heavy (non-hydrogen) atoms. The molecular weight excluding hydrogens is 329 g/mol. The molecular formula is C17H16FN3O2S. The van der Waals surface area contributed by atoms with Crippen LogP contribution in [0.4, 0.5) is 4.39 Å². The molecule has 0 saturated carbocycles. The maximum absolute atomic E-state index is 12.9. The SMILES string of the molecule is Cc1ccc(CC(=O)NC(C)c2nc(-c3ccc(F)cc3)no2)s1. The number of nitrogens with zero attached hydrogens (tertiary/aromatic N) is 2. The fourth-order valence-corrected chi connectivity index (χ4v) is 3.11. The van der Waals surface area contributed by atoms with Gasteiger partial charge in [0.15, 0.2) is 0 Å². The normalized spacial score (nSPS) is 12.1. The van der Waals surface area contributed by atoms with E-state index in [2.05, 4.69) is 15.5 Å². The molecule has 3 aromatic rings. The Hall–Kier alpha value is -2.54. The number of carbonyl (C=O) groups excluding carboxylic acids is 1. The summed E-state index contributed by atoms with van der Waals surface area (Å²) in [4.78, 5) is 18.5. The highest BCUT2D eigenvalue weighted by Crippen LogP contribution is 2.20. The summed E-state index contributed by atoms with van der Waals surface area (Å²) in [6.07, 6.45) is 0.321. The average molecular weight is 345 g/mol. The van der Waals surface area contributed by atoms with E-state index in [-0.39, 0.29) is 11.7 Å². The van der Waals surface area contributed by atoms with Gasteiger partial charge >= 0.3 is 0 Å². The second-order valence-corrected chi connectivity index (χ2v) is 6.81. The highest BCUT2D eigenvalue weighted by atomic mass is 32.1. The summed E-state index contributed by atoms with van der Waals surface area (Å²) < 4.78 is 18.1. The number of amides is 1. The number of aromatic nitrogens is 2. The molecule has 0 bridgehead atoms. The average Bonchev–Trinajstić information content (AvgIpc) is 3.17. The van der Waals surface area contributed by atoms with Gasteiger partial charge < -0.3 is 9.84 Å². The van der Waals surface area contributed by atoms with Gasteiger partial charge in [0.05, 0.1) is 6.42 Å². The largest absolute Gasteiger partial charge is 0.344 e. The van der Waals surface area contributed by atoms with Crippen LogP contribution in [0.1, 0.15) is 28.6 Å². The fraction of sp³-hybridized carbons (Fsp3) is 0.235. The molecule has 124 valence electrons. The van der Waals surface area contributed by atoms with E-state index in [0.29, 0.717) is 23.7 Å². The fourth-order valence-electron chi connectivity index (χ4n) is 2.22. The summed E-state index contributed by atoms with van der Waals surface area (Å²) in [7, 11) is 0. The van der Waals surface area contributed by atoms with Crippen LogP contribution < -0.4 is 5.32 Å². The standard InChI is InChI=1S/C17H16FN3O2S/c1-10-3-8-14(24-10)9-15(22)19-11(2)17-20-16(21-23-17)12-4-6-13(18)7-5-12/h3-8,11H,9H2,1-2H3,(H,19,22). The highest BCUT2D eigenvalue weighted by molar-refractivity contribution is 7.12. The second kappa shape index (κ2) is 6.92. The Morgan fingerprint density at radius 1 is 1.29 bits per heavy atom. The molecule has 1 N–H and O–H groups in total. The molecule has 0 aliphatic carbocycles. The minimum atomic E-state index is -0.403. The van der Waals surface area contributed by atoms with Crippen molar-refractivity contribution in [1.29, 1.82) is 0 Å². The summed E-state index contributed by atoms with van der Waals surface area (Å²) in [5, 5.41) is 6.71. The number of hydrogen-bond acceptors (Lipinski definition) is 5. The molecule has 3 rings (SSSR count). The third-order valence-electron chi connectivity index (χ3n) is 3.42. The number of rotatable bonds is 5. The molecule has 0 spiro atoms. The molecule has 2 aromatic heterocycles. The van der Waals surface area contributed by atoms with Crippen molar-refractivity contribution in [2.45, 2.75) is 26.3 Å². The van der Waals surface area contributed by atoms with E-state index in [1.165, 1.54) is 17.0 Å². The first kappa shape index (κ1) is 16.3. The van der Waals surface area contributed by atoms with Gasteiger partial charge in [0, 0.05) is 15.3 Å². The predicted molar refractivity (Wildman–Crippen MR) is 89.0 cm³/mol. The summed E-state index contributed by atoms with van der Waals surface area (Å²) in [5.74, 6) is 0.239. The lowest BCUT2D eigenvalue weighted by Crippen LogP contribution is -2.28. The molecule has 1 atom stereocenters. The Kier molecular flexibility index (Phi) is 4.71. The number of benzene rings is 1. The smallest absolute Gasteiger partial charge is 0.249 e. The Morgan fingerprint density at radius 2 is 2.04 bits per heavy atom. The Balaban J connectivity index is 1.64. The van der Waals surface area contributed by atoms with Crippen LogP contribution in [0.2, 0.25) is 0 Å². The molecule has 2 heterocycles. The summed E-state index contributed by atoms with van der Waals surface area (Å²) in [6.45, 7) is 3.78. The predicted octanol–water partition coefficient (Wildman–Crippen LogP) is 3.67. The monoisotopic (exact) mass is 345 g/mol. The van der Waals surface area contributed by atoms with Gasteiger partial charge in [-0.1, -0.05) is 5.16 Å². The van der Waals surface area contributed by atoms with Gasteiger partial charge in [-0.05, 0) is 50.2 Å². The number of hydrogen-bond donors (Lipinski definition) is 1. The second-order valence-electron chi connectivity index (χ2n) is 5.44. The van der Waals surface area contributed by atoms with Crippen LogP contribution >= 0.6 is 11.3 Å². The lowest BCUT2D eigenvalue weighted by Gasteiger charge is -2.08. The maximum atomic E-state index is 12.9. The lowest BCUT2D eigenvalue weighted by molar-refractivity contribution is -0.121. The Morgan fingerprint density at radius 3 is 2.71 bits per heavy atom. The molecule has 0 aliphatic rings. The van der Waals surface area contributed by atoms with E-state index >= 15 is 0 Å². The molecule has 0 radical (unpaired) electrons. The van der Waals surface area contributed by atoms with Crippen molar-refractivity contribution in [1.82, 2.24) is 15.5 Å². The van der Waals surface area contributed by atoms with Crippen LogP contribution in [0.15, 0.2) is 40.9 Å². The minimum absolute atomic E-state index is 0.106. The summed E-state index contributed by atoms with van der Waals surface area (Å²) in [6, 6.07) is 9.35. The van der Waals surface area contributed by atoms with Crippen molar-refractivity contribution >= 4 is 17.2 Å². The molecule has 1 unspecified atom stereocenters. The maximum Gasteiger partial charge on any atom is 0.249 e. The van der Waals surface area contributed by atoms with Crippen LogP contribution in [-0.2, 0) is 11.2 Å². The number of nitrogens with one attached hydrogen (secondary N) is 1. The molecule has 0 aliphatic heterocycles. The van der Waals surface area contributed by atoms with E-state index in [4.69, 9.17) is 4.52 Å². The lowest BCUT2D eigenvalue weighted by atomic mass is 10.2. The van der Waals surface area contributed by atoms with Crippen molar-refractivity contribution in [2.24, 2.45) is 0 Å². The third-order valence-corrected chi connectivity index (χ3v) is 4.42. The zero-order valence-corrected chi connectivity index (χ0v) is 14.1. The van der Waals surface area contributed by atoms with E-state index in [9.17, 15) is 9.18 Å². The van der Waals surface area contributed by atoms with Crippen molar-refractivity contribution < 1.29 is 13.7 Å². The van der Waals surface area contributed by atoms with Crippen molar-refractivity contribution in [3.63, 3.8) is 0 Å². The van der Waals surface area contributed by atoms with E-state index in [1.807, 2.05) is 19.1 Å².